The summed E-state index contributed by atoms with van der Waals surface area (Å²) in [6, 6.07) is -2.81. The van der Waals surface area contributed by atoms with Gasteiger partial charge in [-0.15, -0.1) is 0 Å². The number of rotatable bonds is 18. The molecule has 4 saturated heterocycles. The predicted octanol–water partition coefficient (Wildman–Crippen LogP) is -5.94. The zero-order valence-electron chi connectivity index (χ0n) is 33.9. The first-order valence-corrected chi connectivity index (χ1v) is 19.9. The average Bonchev–Trinajstić information content (AvgIpc) is 3.19. The van der Waals surface area contributed by atoms with Gasteiger partial charge in [-0.3, -0.25) is 14.4 Å². The minimum Gasteiger partial charge on any atom is -0.479 e. The van der Waals surface area contributed by atoms with Crippen molar-refractivity contribution < 1.29 is 103 Å². The van der Waals surface area contributed by atoms with Crippen LogP contribution >= 0.6 is 0 Å². The first-order chi connectivity index (χ1) is 28.4. The van der Waals surface area contributed by atoms with Crippen LogP contribution in [-0.4, -0.2) is 219 Å². The van der Waals surface area contributed by atoms with E-state index in [0.717, 1.165) is 26.2 Å². The number of hydrogen-bond donors (Lipinski definition) is 12. The number of unbranched alkanes of at least 4 members (excludes halogenated alkanes) is 3. The van der Waals surface area contributed by atoms with Gasteiger partial charge in [0.2, 0.25) is 11.8 Å². The normalized spacial score (nSPS) is 42.2. The molecular weight excluding hydrogens is 810 g/mol. The molecule has 0 radical (unpaired) electrons. The number of carbonyl (C=O) groups is 4. The number of methoxy groups -OCH3 is 1. The smallest absolute Gasteiger partial charge is 0.335 e. The summed E-state index contributed by atoms with van der Waals surface area (Å²) < 4.78 is 45.6. The van der Waals surface area contributed by atoms with Gasteiger partial charge in [-0.1, -0.05) is 26.2 Å². The van der Waals surface area contributed by atoms with E-state index in [1.54, 1.807) is 0 Å². The van der Waals surface area contributed by atoms with Crippen LogP contribution in [0, 0.1) is 0 Å². The summed E-state index contributed by atoms with van der Waals surface area (Å²) in [6.45, 7) is 4.35. The van der Waals surface area contributed by atoms with E-state index < -0.39 is 159 Å². The van der Waals surface area contributed by atoms with Crippen molar-refractivity contribution in [2.45, 2.75) is 176 Å². The van der Waals surface area contributed by atoms with E-state index >= 15 is 0 Å². The van der Waals surface area contributed by atoms with Crippen LogP contribution < -0.4 is 16.0 Å². The zero-order chi connectivity index (χ0) is 44.6. The molecule has 4 aliphatic rings. The number of aliphatic hydroxyl groups is 8. The molecular formula is C36H61N3O21. The predicted molar refractivity (Wildman–Crippen MR) is 196 cm³/mol. The van der Waals surface area contributed by atoms with Gasteiger partial charge in [0, 0.05) is 27.5 Å². The summed E-state index contributed by atoms with van der Waals surface area (Å²) in [5.74, 6) is -3.87. The van der Waals surface area contributed by atoms with E-state index in [-0.39, 0.29) is 6.54 Å². The summed E-state index contributed by atoms with van der Waals surface area (Å²) in [5, 5.41) is 105. The van der Waals surface area contributed by atoms with Crippen LogP contribution in [0.1, 0.15) is 53.4 Å². The highest BCUT2D eigenvalue weighted by Gasteiger charge is 2.57. The Labute approximate surface area is 345 Å². The fourth-order valence-electron chi connectivity index (χ4n) is 7.67. The van der Waals surface area contributed by atoms with Gasteiger partial charge in [-0.2, -0.15) is 0 Å². The molecule has 0 spiro atoms. The quantitative estimate of drug-likeness (QED) is 0.0571. The lowest BCUT2D eigenvalue weighted by molar-refractivity contribution is -0.366. The number of carboxylic acids is 1. The third-order valence-electron chi connectivity index (χ3n) is 10.8. The van der Waals surface area contributed by atoms with Gasteiger partial charge in [0.15, 0.2) is 31.1 Å². The molecule has 4 aliphatic heterocycles. The lowest BCUT2D eigenvalue weighted by atomic mass is 9.92. The van der Waals surface area contributed by atoms with Crippen LogP contribution in [0.4, 0.5) is 0 Å². The fourth-order valence-corrected chi connectivity index (χ4v) is 7.67. The minimum atomic E-state index is -2.21. The topological polar surface area (TPSA) is 360 Å². The van der Waals surface area contributed by atoms with Crippen molar-refractivity contribution in [3.8, 4) is 0 Å². The Hall–Kier alpha value is -2.76. The van der Waals surface area contributed by atoms with Crippen LogP contribution in [0.3, 0.4) is 0 Å². The van der Waals surface area contributed by atoms with Gasteiger partial charge in [0.1, 0.15) is 79.3 Å². The van der Waals surface area contributed by atoms with Crippen molar-refractivity contribution in [1.82, 2.24) is 16.0 Å². The van der Waals surface area contributed by atoms with Crippen LogP contribution in [-0.2, 0) is 57.1 Å². The van der Waals surface area contributed by atoms with E-state index in [9.17, 15) is 65.1 Å². The first kappa shape index (κ1) is 49.9. The van der Waals surface area contributed by atoms with E-state index in [4.69, 9.17) is 37.9 Å². The SMILES string of the molecule is CCCCCCNC(=O)C1OC(OC2C(O)C(CO)OC(OC3C(C(=O)O)OC(OC4C(O)C(CO)OC(C)C4NC(C)=O)C(O)C3O)C2NC(C)=O)C(O)C(O)C1OC. The lowest BCUT2D eigenvalue weighted by Crippen LogP contribution is -2.70. The van der Waals surface area contributed by atoms with Gasteiger partial charge in [0.05, 0.1) is 25.4 Å². The molecule has 0 aliphatic carbocycles. The summed E-state index contributed by atoms with van der Waals surface area (Å²) in [6.07, 6.45) is -28.4. The molecule has 24 heteroatoms. The van der Waals surface area contributed by atoms with Crippen molar-refractivity contribution in [3.63, 3.8) is 0 Å². The van der Waals surface area contributed by atoms with Gasteiger partial charge in [0.25, 0.3) is 5.91 Å². The van der Waals surface area contributed by atoms with Crippen LogP contribution in [0.15, 0.2) is 0 Å². The molecule has 12 N–H and O–H groups in total. The van der Waals surface area contributed by atoms with Crippen molar-refractivity contribution in [2.75, 3.05) is 26.9 Å². The third-order valence-corrected chi connectivity index (χ3v) is 10.8. The van der Waals surface area contributed by atoms with Crippen LogP contribution in [0.25, 0.3) is 0 Å². The number of ether oxygens (including phenoxy) is 8. The Morgan fingerprint density at radius 3 is 1.62 bits per heavy atom. The van der Waals surface area contributed by atoms with Gasteiger partial charge in [-0.05, 0) is 13.3 Å². The van der Waals surface area contributed by atoms with Crippen LogP contribution in [0.2, 0.25) is 0 Å². The summed E-state index contributed by atoms with van der Waals surface area (Å²) in [4.78, 5) is 50.4. The first-order valence-electron chi connectivity index (χ1n) is 19.9. The van der Waals surface area contributed by atoms with Gasteiger partial charge < -0.3 is 99.8 Å². The monoisotopic (exact) mass is 871 g/mol. The highest BCUT2D eigenvalue weighted by molar-refractivity contribution is 5.81. The minimum absolute atomic E-state index is 0.258. The van der Waals surface area contributed by atoms with Gasteiger partial charge in [-0.25, -0.2) is 4.79 Å². The van der Waals surface area contributed by atoms with E-state index in [0.29, 0.717) is 6.42 Å². The molecule has 20 unspecified atom stereocenters. The molecule has 24 nitrogen and oxygen atoms in total. The number of hydrogen-bond acceptors (Lipinski definition) is 20. The second kappa shape index (κ2) is 22.5. The summed E-state index contributed by atoms with van der Waals surface area (Å²) in [5.41, 5.74) is 0. The number of aliphatic hydroxyl groups excluding tert-OH is 8. The van der Waals surface area contributed by atoms with E-state index in [1.807, 2.05) is 6.92 Å². The summed E-state index contributed by atoms with van der Waals surface area (Å²) in [7, 11) is 1.18. The zero-order valence-corrected chi connectivity index (χ0v) is 33.9. The number of aliphatic carboxylic acids is 1. The van der Waals surface area contributed by atoms with Crippen molar-refractivity contribution in [2.24, 2.45) is 0 Å². The van der Waals surface area contributed by atoms with Crippen molar-refractivity contribution in [1.29, 1.82) is 0 Å². The second-order valence-electron chi connectivity index (χ2n) is 15.2. The fraction of sp³-hybridized carbons (Fsp3) is 0.889. The Morgan fingerprint density at radius 1 is 0.600 bits per heavy atom. The van der Waals surface area contributed by atoms with Crippen LogP contribution in [0.5, 0.6) is 0 Å². The van der Waals surface area contributed by atoms with Crippen molar-refractivity contribution >= 4 is 23.7 Å². The lowest BCUT2D eigenvalue weighted by Gasteiger charge is -2.50. The highest BCUT2D eigenvalue weighted by Crippen LogP contribution is 2.35. The maximum Gasteiger partial charge on any atom is 0.335 e. The molecule has 4 heterocycles. The van der Waals surface area contributed by atoms with E-state index in [1.165, 1.54) is 21.0 Å². The maximum absolute atomic E-state index is 13.2. The number of carboxylic acid groups (broad SMARTS) is 1. The Balaban J connectivity index is 1.60. The molecule has 0 aromatic carbocycles. The molecule has 60 heavy (non-hydrogen) atoms. The Bertz CT molecular complexity index is 1420. The number of nitrogens with one attached hydrogen (secondary N) is 3. The maximum atomic E-state index is 13.2. The largest absolute Gasteiger partial charge is 0.479 e. The highest BCUT2D eigenvalue weighted by atomic mass is 16.8. The molecule has 0 saturated carbocycles. The molecule has 346 valence electrons. The number of carbonyl (C=O) groups excluding carboxylic acids is 3. The Kier molecular flexibility index (Phi) is 18.7. The molecule has 4 fully saturated rings. The molecule has 4 rings (SSSR count). The molecule has 0 bridgehead atoms. The van der Waals surface area contributed by atoms with E-state index in [2.05, 4.69) is 16.0 Å². The third kappa shape index (κ3) is 11.6. The Morgan fingerprint density at radius 2 is 1.10 bits per heavy atom. The molecule has 0 aromatic heterocycles. The standard InChI is InChI=1S/C36H61N3O21/c1-6-7-8-9-10-37-32(50)30-28(53-5)22(46)24(48)35(59-30)57-27-19(39-15(4)43)34(55-17(12-41)21(27)45)58-29-23(47)25(49)36(60-31(29)33(51)52)56-26-18(38-14(3)42)13(2)54-16(11-40)20(26)44/h13,16-31,34-36,40-41,44-49H,6-12H2,1-5H3,(H,37,50)(H,38,42)(H,39,43)(H,51,52). The second-order valence-corrected chi connectivity index (χ2v) is 15.2. The summed E-state index contributed by atoms with van der Waals surface area (Å²) >= 11 is 0. The number of amides is 3. The molecule has 3 amide bonds. The van der Waals surface area contributed by atoms with Crippen molar-refractivity contribution in [3.05, 3.63) is 0 Å². The molecule has 0 aromatic rings. The molecule has 20 atom stereocenters. The van der Waals surface area contributed by atoms with Gasteiger partial charge >= 0.3 is 5.97 Å². The average molecular weight is 872 g/mol.